The molecular weight excluding hydrogens is 295 g/mol. The second-order valence-electron chi connectivity index (χ2n) is 5.24. The van der Waals surface area contributed by atoms with Crippen LogP contribution in [-0.2, 0) is 4.79 Å². The summed E-state index contributed by atoms with van der Waals surface area (Å²) in [6.07, 6.45) is 1.05. The molecule has 0 saturated carbocycles. The molecule has 1 aromatic rings. The molecule has 1 fully saturated rings. The number of amides is 1. The summed E-state index contributed by atoms with van der Waals surface area (Å²) >= 11 is 0. The van der Waals surface area contributed by atoms with Gasteiger partial charge in [0.15, 0.2) is 5.78 Å². The number of Topliss-reactive ketones (excluding diaryl/α,β-unsaturated/α-hetero) is 1. The third-order valence-corrected chi connectivity index (χ3v) is 3.47. The van der Waals surface area contributed by atoms with Crippen LogP contribution in [0.1, 0.15) is 30.1 Å². The van der Waals surface area contributed by atoms with Crippen LogP contribution < -0.4 is 10.6 Å². The molecule has 0 bridgehead atoms. The summed E-state index contributed by atoms with van der Waals surface area (Å²) in [5, 5.41) is 6.06. The molecule has 0 radical (unpaired) electrons. The number of halogens is 2. The summed E-state index contributed by atoms with van der Waals surface area (Å²) in [4.78, 5) is 24.0. The van der Waals surface area contributed by atoms with Crippen molar-refractivity contribution < 1.29 is 14.0 Å². The molecule has 1 amide bonds. The Bertz CT molecular complexity index is 504. The van der Waals surface area contributed by atoms with Gasteiger partial charge >= 0.3 is 0 Å². The molecular formula is C15H20ClFN2O2. The highest BCUT2D eigenvalue weighted by molar-refractivity contribution is 5.99. The lowest BCUT2D eigenvalue weighted by atomic mass is 9.96. The molecule has 0 spiro atoms. The summed E-state index contributed by atoms with van der Waals surface area (Å²) in [6.45, 7) is 3.38. The number of carbonyl (C=O) groups excluding carboxylic acids is 2. The minimum atomic E-state index is -0.453. The van der Waals surface area contributed by atoms with Crippen LogP contribution in [0.15, 0.2) is 24.3 Å². The molecule has 2 unspecified atom stereocenters. The van der Waals surface area contributed by atoms with Crippen molar-refractivity contribution in [3.05, 3.63) is 35.6 Å². The average Bonchev–Trinajstić information content (AvgIpc) is 2.90. The molecule has 6 heteroatoms. The monoisotopic (exact) mass is 314 g/mol. The van der Waals surface area contributed by atoms with Crippen LogP contribution in [0.25, 0.3) is 0 Å². The van der Waals surface area contributed by atoms with Crippen molar-refractivity contribution in [1.29, 1.82) is 0 Å². The van der Waals surface area contributed by atoms with E-state index in [1.807, 2.05) is 0 Å². The summed E-state index contributed by atoms with van der Waals surface area (Å²) in [7, 11) is 0. The Labute approximate surface area is 129 Å². The second kappa shape index (κ2) is 8.10. The lowest BCUT2D eigenvalue weighted by Crippen LogP contribution is -2.37. The van der Waals surface area contributed by atoms with E-state index < -0.39 is 11.7 Å². The highest BCUT2D eigenvalue weighted by Crippen LogP contribution is 2.13. The predicted octanol–water partition coefficient (Wildman–Crippen LogP) is 1.93. The molecule has 4 nitrogen and oxygen atoms in total. The Morgan fingerprint density at radius 3 is 2.86 bits per heavy atom. The van der Waals surface area contributed by atoms with E-state index in [0.717, 1.165) is 19.5 Å². The van der Waals surface area contributed by atoms with E-state index in [0.29, 0.717) is 5.56 Å². The third kappa shape index (κ3) is 5.10. The van der Waals surface area contributed by atoms with Gasteiger partial charge in [-0.25, -0.2) is 4.39 Å². The van der Waals surface area contributed by atoms with Crippen LogP contribution in [0.4, 0.5) is 4.39 Å². The minimum Gasteiger partial charge on any atom is -0.352 e. The van der Waals surface area contributed by atoms with Gasteiger partial charge < -0.3 is 10.6 Å². The van der Waals surface area contributed by atoms with Gasteiger partial charge in [0.1, 0.15) is 5.82 Å². The van der Waals surface area contributed by atoms with Crippen LogP contribution >= 0.6 is 12.4 Å². The maximum Gasteiger partial charge on any atom is 0.220 e. The SMILES string of the molecule is CC(CC(=O)NC1CCNC1)C(=O)c1cccc(F)c1.Cl. The first-order valence-corrected chi connectivity index (χ1v) is 6.86. The second-order valence-corrected chi connectivity index (χ2v) is 5.24. The van der Waals surface area contributed by atoms with E-state index in [2.05, 4.69) is 10.6 Å². The van der Waals surface area contributed by atoms with Crippen molar-refractivity contribution in [3.8, 4) is 0 Å². The van der Waals surface area contributed by atoms with Crippen LogP contribution in [0.2, 0.25) is 0 Å². The normalized spacial score (nSPS) is 18.7. The fourth-order valence-electron chi connectivity index (χ4n) is 2.36. The van der Waals surface area contributed by atoms with E-state index in [1.54, 1.807) is 13.0 Å². The van der Waals surface area contributed by atoms with Gasteiger partial charge in [0.25, 0.3) is 0 Å². The van der Waals surface area contributed by atoms with Gasteiger partial charge in [0, 0.05) is 30.5 Å². The average molecular weight is 315 g/mol. The van der Waals surface area contributed by atoms with Gasteiger partial charge in [-0.3, -0.25) is 9.59 Å². The first-order chi connectivity index (χ1) is 9.56. The zero-order valence-electron chi connectivity index (χ0n) is 11.9. The number of hydrogen-bond acceptors (Lipinski definition) is 3. The third-order valence-electron chi connectivity index (χ3n) is 3.47. The summed E-state index contributed by atoms with van der Waals surface area (Å²) in [5.74, 6) is -1.23. The van der Waals surface area contributed by atoms with Gasteiger partial charge in [-0.15, -0.1) is 12.4 Å². The minimum absolute atomic E-state index is 0. The molecule has 2 rings (SSSR count). The van der Waals surface area contributed by atoms with E-state index in [9.17, 15) is 14.0 Å². The number of carbonyl (C=O) groups is 2. The maximum atomic E-state index is 13.1. The number of benzene rings is 1. The molecule has 2 atom stereocenters. The zero-order chi connectivity index (χ0) is 14.5. The van der Waals surface area contributed by atoms with Gasteiger partial charge in [0.2, 0.25) is 5.91 Å². The fourth-order valence-corrected chi connectivity index (χ4v) is 2.36. The number of ketones is 1. The molecule has 1 aliphatic heterocycles. The Balaban J connectivity index is 0.00000220. The van der Waals surface area contributed by atoms with E-state index in [1.165, 1.54) is 18.2 Å². The van der Waals surface area contributed by atoms with Crippen LogP contribution in [0, 0.1) is 11.7 Å². The quantitative estimate of drug-likeness (QED) is 0.817. The lowest BCUT2D eigenvalue weighted by Gasteiger charge is -2.14. The zero-order valence-corrected chi connectivity index (χ0v) is 12.7. The molecule has 1 saturated heterocycles. The van der Waals surface area contributed by atoms with Crippen molar-refractivity contribution in [3.63, 3.8) is 0 Å². The van der Waals surface area contributed by atoms with E-state index in [-0.39, 0.29) is 36.6 Å². The van der Waals surface area contributed by atoms with Crippen molar-refractivity contribution in [2.75, 3.05) is 13.1 Å². The Kier molecular flexibility index (Phi) is 6.78. The molecule has 21 heavy (non-hydrogen) atoms. The Morgan fingerprint density at radius 2 is 2.24 bits per heavy atom. The first kappa shape index (κ1) is 17.6. The number of hydrogen-bond donors (Lipinski definition) is 2. The molecule has 0 aromatic heterocycles. The van der Waals surface area contributed by atoms with E-state index in [4.69, 9.17) is 0 Å². The predicted molar refractivity (Wildman–Crippen MR) is 81.2 cm³/mol. The molecule has 0 aliphatic carbocycles. The largest absolute Gasteiger partial charge is 0.352 e. The number of rotatable bonds is 5. The van der Waals surface area contributed by atoms with Crippen molar-refractivity contribution in [1.82, 2.24) is 10.6 Å². The van der Waals surface area contributed by atoms with Crippen LogP contribution in [0.5, 0.6) is 0 Å². The van der Waals surface area contributed by atoms with Gasteiger partial charge in [-0.05, 0) is 25.1 Å². The number of nitrogens with one attached hydrogen (secondary N) is 2. The molecule has 1 heterocycles. The standard InChI is InChI=1S/C15H19FN2O2.ClH/c1-10(7-14(19)18-13-5-6-17-9-13)15(20)11-3-2-4-12(16)8-11;/h2-4,8,10,13,17H,5-7,9H2,1H3,(H,18,19);1H. The molecule has 1 aliphatic rings. The summed E-state index contributed by atoms with van der Waals surface area (Å²) in [6, 6.07) is 5.72. The van der Waals surface area contributed by atoms with Gasteiger partial charge in [-0.2, -0.15) is 0 Å². The smallest absolute Gasteiger partial charge is 0.220 e. The van der Waals surface area contributed by atoms with Crippen molar-refractivity contribution in [2.45, 2.75) is 25.8 Å². The van der Waals surface area contributed by atoms with Gasteiger partial charge in [-0.1, -0.05) is 19.1 Å². The molecule has 1 aromatic carbocycles. The Morgan fingerprint density at radius 1 is 1.48 bits per heavy atom. The molecule has 2 N–H and O–H groups in total. The first-order valence-electron chi connectivity index (χ1n) is 6.86. The Hall–Kier alpha value is -1.46. The van der Waals surface area contributed by atoms with Crippen LogP contribution in [0.3, 0.4) is 0 Å². The van der Waals surface area contributed by atoms with E-state index >= 15 is 0 Å². The highest BCUT2D eigenvalue weighted by Gasteiger charge is 2.22. The summed E-state index contributed by atoms with van der Waals surface area (Å²) < 4.78 is 13.1. The van der Waals surface area contributed by atoms with Crippen molar-refractivity contribution in [2.24, 2.45) is 5.92 Å². The summed E-state index contributed by atoms with van der Waals surface area (Å²) in [5.41, 5.74) is 0.313. The fraction of sp³-hybridized carbons (Fsp3) is 0.467. The lowest BCUT2D eigenvalue weighted by molar-refractivity contribution is -0.122. The van der Waals surface area contributed by atoms with Gasteiger partial charge in [0.05, 0.1) is 0 Å². The maximum absolute atomic E-state index is 13.1. The van der Waals surface area contributed by atoms with Crippen LogP contribution in [-0.4, -0.2) is 30.8 Å². The highest BCUT2D eigenvalue weighted by atomic mass is 35.5. The topological polar surface area (TPSA) is 58.2 Å². The molecule has 116 valence electrons. The van der Waals surface area contributed by atoms with Crippen molar-refractivity contribution >= 4 is 24.1 Å².